The van der Waals surface area contributed by atoms with Crippen LogP contribution in [0.2, 0.25) is 0 Å². The van der Waals surface area contributed by atoms with E-state index in [-0.39, 0.29) is 11.9 Å². The van der Waals surface area contributed by atoms with E-state index in [2.05, 4.69) is 71.0 Å². The van der Waals surface area contributed by atoms with Crippen molar-refractivity contribution in [1.29, 1.82) is 0 Å². The first-order chi connectivity index (χ1) is 13.7. The molecule has 1 aliphatic rings. The lowest BCUT2D eigenvalue weighted by Gasteiger charge is -2.33. The highest BCUT2D eigenvalue weighted by atomic mass is 16.2. The minimum atomic E-state index is -0.183. The molecule has 4 nitrogen and oxygen atoms in total. The molecule has 1 fully saturated rings. The van der Waals surface area contributed by atoms with Gasteiger partial charge in [0.1, 0.15) is 6.04 Å². The quantitative estimate of drug-likeness (QED) is 0.732. The van der Waals surface area contributed by atoms with Crippen molar-refractivity contribution in [1.82, 2.24) is 14.7 Å². The molecule has 1 aliphatic heterocycles. The van der Waals surface area contributed by atoms with Crippen LogP contribution in [0.25, 0.3) is 0 Å². The maximum Gasteiger partial charge on any atom is 0.244 e. The third kappa shape index (κ3) is 5.21. The van der Waals surface area contributed by atoms with Crippen LogP contribution in [0.4, 0.5) is 0 Å². The van der Waals surface area contributed by atoms with Crippen LogP contribution in [0.1, 0.15) is 37.4 Å². The second-order valence-corrected chi connectivity index (χ2v) is 7.48. The van der Waals surface area contributed by atoms with Crippen molar-refractivity contribution in [3.8, 4) is 0 Å². The van der Waals surface area contributed by atoms with Gasteiger partial charge in [0, 0.05) is 32.7 Å². The summed E-state index contributed by atoms with van der Waals surface area (Å²) in [7, 11) is 0. The van der Waals surface area contributed by atoms with E-state index in [0.29, 0.717) is 0 Å². The number of rotatable bonds is 7. The van der Waals surface area contributed by atoms with Crippen molar-refractivity contribution in [3.05, 3.63) is 71.8 Å². The Morgan fingerprint density at radius 2 is 1.54 bits per heavy atom. The molecule has 1 saturated heterocycles. The van der Waals surface area contributed by atoms with Crippen LogP contribution in [-0.2, 0) is 11.3 Å². The second-order valence-electron chi connectivity index (χ2n) is 7.48. The molecular weight excluding hydrogens is 346 g/mol. The molecule has 4 heteroatoms. The lowest BCUT2D eigenvalue weighted by Crippen LogP contribution is -2.44. The van der Waals surface area contributed by atoms with Crippen molar-refractivity contribution >= 4 is 5.91 Å². The fourth-order valence-electron chi connectivity index (χ4n) is 4.10. The number of benzene rings is 2. The van der Waals surface area contributed by atoms with E-state index < -0.39 is 0 Å². The Morgan fingerprint density at radius 1 is 0.893 bits per heavy atom. The molecule has 1 atom stereocenters. The Labute approximate surface area is 169 Å². The van der Waals surface area contributed by atoms with Gasteiger partial charge >= 0.3 is 0 Å². The first-order valence-electron chi connectivity index (χ1n) is 10.6. The second kappa shape index (κ2) is 10.4. The molecule has 2 aromatic carbocycles. The topological polar surface area (TPSA) is 26.8 Å². The van der Waals surface area contributed by atoms with E-state index in [1.165, 1.54) is 5.56 Å². The summed E-state index contributed by atoms with van der Waals surface area (Å²) in [6.07, 6.45) is 1.03. The molecule has 0 aromatic heterocycles. The molecule has 0 spiro atoms. The van der Waals surface area contributed by atoms with E-state index in [1.807, 2.05) is 18.2 Å². The summed E-state index contributed by atoms with van der Waals surface area (Å²) in [5.74, 6) is 0.247. The normalized spacial score (nSPS) is 16.8. The third-order valence-electron chi connectivity index (χ3n) is 5.68. The third-order valence-corrected chi connectivity index (χ3v) is 5.68. The van der Waals surface area contributed by atoms with Gasteiger partial charge in [-0.05, 0) is 30.6 Å². The fourth-order valence-corrected chi connectivity index (χ4v) is 4.10. The lowest BCUT2D eigenvalue weighted by atomic mass is 10.0. The van der Waals surface area contributed by atoms with Crippen molar-refractivity contribution in [2.45, 2.75) is 32.9 Å². The molecule has 1 heterocycles. The van der Waals surface area contributed by atoms with Gasteiger partial charge in [0.25, 0.3) is 0 Å². The molecule has 1 amide bonds. The monoisotopic (exact) mass is 379 g/mol. The van der Waals surface area contributed by atoms with Crippen LogP contribution < -0.4 is 0 Å². The Balaban J connectivity index is 1.69. The number of carbonyl (C=O) groups excluding carboxylic acids is 1. The molecule has 0 radical (unpaired) electrons. The minimum absolute atomic E-state index is 0.183. The summed E-state index contributed by atoms with van der Waals surface area (Å²) >= 11 is 0. The van der Waals surface area contributed by atoms with E-state index in [9.17, 15) is 4.79 Å². The Bertz CT molecular complexity index is 715. The molecule has 1 unspecified atom stereocenters. The zero-order chi connectivity index (χ0) is 19.8. The zero-order valence-electron chi connectivity index (χ0n) is 17.3. The number of nitrogens with zero attached hydrogens (tertiary/aromatic N) is 3. The molecule has 3 rings (SSSR count). The highest BCUT2D eigenvalue weighted by Crippen LogP contribution is 2.24. The van der Waals surface area contributed by atoms with Crippen molar-refractivity contribution in [2.75, 3.05) is 39.3 Å². The standard InChI is InChI=1S/C24H33N3O/c1-3-26(4-2)23(22-14-9-6-10-15-22)24(28)27-17-11-16-25(18-19-27)20-21-12-7-5-8-13-21/h5-10,12-15,23H,3-4,11,16-20H2,1-2H3. The van der Waals surface area contributed by atoms with Gasteiger partial charge in [0.05, 0.1) is 0 Å². The summed E-state index contributed by atoms with van der Waals surface area (Å²) in [6.45, 7) is 10.6. The molecule has 0 aliphatic carbocycles. The summed E-state index contributed by atoms with van der Waals surface area (Å²) in [4.78, 5) is 20.4. The summed E-state index contributed by atoms with van der Waals surface area (Å²) in [5, 5.41) is 0. The number of hydrogen-bond acceptors (Lipinski definition) is 3. The van der Waals surface area contributed by atoms with E-state index >= 15 is 0 Å². The highest BCUT2D eigenvalue weighted by Gasteiger charge is 2.30. The maximum atomic E-state index is 13.5. The van der Waals surface area contributed by atoms with Gasteiger partial charge in [-0.15, -0.1) is 0 Å². The van der Waals surface area contributed by atoms with Gasteiger partial charge in [-0.3, -0.25) is 14.6 Å². The molecular formula is C24H33N3O. The number of likely N-dealkylation sites (N-methyl/N-ethyl adjacent to an activating group) is 1. The van der Waals surface area contributed by atoms with Crippen LogP contribution in [-0.4, -0.2) is 59.9 Å². The largest absolute Gasteiger partial charge is 0.340 e. The summed E-state index contributed by atoms with van der Waals surface area (Å²) < 4.78 is 0. The Morgan fingerprint density at radius 3 is 2.18 bits per heavy atom. The molecule has 150 valence electrons. The van der Waals surface area contributed by atoms with E-state index in [1.54, 1.807) is 0 Å². The maximum absolute atomic E-state index is 13.5. The Kier molecular flexibility index (Phi) is 7.63. The summed E-state index contributed by atoms with van der Waals surface area (Å²) in [6, 6.07) is 20.7. The molecule has 28 heavy (non-hydrogen) atoms. The van der Waals surface area contributed by atoms with Crippen LogP contribution >= 0.6 is 0 Å². The average Bonchev–Trinajstić information content (AvgIpc) is 2.98. The van der Waals surface area contributed by atoms with Gasteiger partial charge in [0.15, 0.2) is 0 Å². The summed E-state index contributed by atoms with van der Waals surface area (Å²) in [5.41, 5.74) is 2.44. The van der Waals surface area contributed by atoms with Crippen LogP contribution in [0.3, 0.4) is 0 Å². The van der Waals surface area contributed by atoms with Gasteiger partial charge in [-0.2, -0.15) is 0 Å². The van der Waals surface area contributed by atoms with Gasteiger partial charge < -0.3 is 4.90 Å². The Hall–Kier alpha value is -2.17. The molecule has 0 saturated carbocycles. The average molecular weight is 380 g/mol. The number of amides is 1. The first-order valence-corrected chi connectivity index (χ1v) is 10.6. The highest BCUT2D eigenvalue weighted by molar-refractivity contribution is 5.83. The minimum Gasteiger partial charge on any atom is -0.340 e. The van der Waals surface area contributed by atoms with Gasteiger partial charge in [-0.1, -0.05) is 74.5 Å². The number of hydrogen-bond donors (Lipinski definition) is 0. The van der Waals surface area contributed by atoms with E-state index in [4.69, 9.17) is 0 Å². The van der Waals surface area contributed by atoms with Gasteiger partial charge in [0.2, 0.25) is 5.91 Å². The molecule has 0 bridgehead atoms. The fraction of sp³-hybridized carbons (Fsp3) is 0.458. The van der Waals surface area contributed by atoms with Crippen LogP contribution in [0, 0.1) is 0 Å². The number of carbonyl (C=O) groups is 1. The molecule has 2 aromatic rings. The van der Waals surface area contributed by atoms with Crippen molar-refractivity contribution < 1.29 is 4.79 Å². The van der Waals surface area contributed by atoms with E-state index in [0.717, 1.165) is 57.8 Å². The van der Waals surface area contributed by atoms with Crippen LogP contribution in [0.15, 0.2) is 60.7 Å². The zero-order valence-corrected chi connectivity index (χ0v) is 17.3. The van der Waals surface area contributed by atoms with Crippen molar-refractivity contribution in [3.63, 3.8) is 0 Å². The predicted octanol–water partition coefficient (Wildman–Crippen LogP) is 3.80. The molecule has 0 N–H and O–H groups in total. The lowest BCUT2D eigenvalue weighted by molar-refractivity contribution is -0.137. The SMILES string of the molecule is CCN(CC)C(C(=O)N1CCCN(Cc2ccccc2)CC1)c1ccccc1. The predicted molar refractivity (Wildman–Crippen MR) is 115 cm³/mol. The van der Waals surface area contributed by atoms with Gasteiger partial charge in [-0.25, -0.2) is 0 Å². The smallest absolute Gasteiger partial charge is 0.244 e. The van der Waals surface area contributed by atoms with Crippen LogP contribution in [0.5, 0.6) is 0 Å². The first kappa shape index (κ1) is 20.6. The van der Waals surface area contributed by atoms with Crippen molar-refractivity contribution in [2.24, 2.45) is 0 Å².